The minimum Gasteiger partial charge on any atom is -0.508 e. The Bertz CT molecular complexity index is 1600. The summed E-state index contributed by atoms with van der Waals surface area (Å²) in [4.78, 5) is 7.81. The highest BCUT2D eigenvalue weighted by Crippen LogP contribution is 2.33. The van der Waals surface area contributed by atoms with E-state index in [0.717, 1.165) is 45.0 Å². The number of aromatic nitrogens is 2. The van der Waals surface area contributed by atoms with Crippen LogP contribution in [0.5, 0.6) is 11.5 Å². The van der Waals surface area contributed by atoms with Gasteiger partial charge in [0.1, 0.15) is 29.4 Å². The Balaban J connectivity index is 1.51. The first-order valence-electron chi connectivity index (χ1n) is 12.6. The van der Waals surface area contributed by atoms with E-state index in [1.807, 2.05) is 37.3 Å². The third-order valence-corrected chi connectivity index (χ3v) is 6.81. The van der Waals surface area contributed by atoms with Crippen LogP contribution in [0.25, 0.3) is 22.0 Å². The van der Waals surface area contributed by atoms with Crippen molar-refractivity contribution in [1.29, 1.82) is 0 Å². The number of aromatic amines is 1. The van der Waals surface area contributed by atoms with Gasteiger partial charge in [0.05, 0.1) is 18.8 Å². The topological polar surface area (TPSA) is 90.4 Å². The third-order valence-electron chi connectivity index (χ3n) is 6.81. The first kappa shape index (κ1) is 26.3. The first-order valence-corrected chi connectivity index (χ1v) is 12.6. The average Bonchev–Trinajstić information content (AvgIpc) is 3.29. The Hall–Kier alpha value is -4.27. The molecule has 2 aromatic heterocycles. The number of aryl methyl sites for hydroxylation is 1. The van der Waals surface area contributed by atoms with Gasteiger partial charge in [0.2, 0.25) is 0 Å². The third kappa shape index (κ3) is 5.92. The van der Waals surface area contributed by atoms with Crippen molar-refractivity contribution < 1.29 is 23.7 Å². The SMILES string of the molecule is COc1ccc(-c2cccnc2C(Cc2cc(F)cc(F)c2)NC(O)Cc2c[nH]c3ccc(O)cc23)c(C)c1. The molecule has 39 heavy (non-hydrogen) atoms. The molecule has 0 aliphatic carbocycles. The molecule has 2 atom stereocenters. The number of rotatable bonds is 9. The number of phenols is 1. The number of nitrogens with one attached hydrogen (secondary N) is 2. The monoisotopic (exact) mass is 529 g/mol. The Kier molecular flexibility index (Phi) is 7.58. The van der Waals surface area contributed by atoms with Crippen LogP contribution >= 0.6 is 0 Å². The maximum Gasteiger partial charge on any atom is 0.126 e. The summed E-state index contributed by atoms with van der Waals surface area (Å²) in [5, 5.41) is 25.1. The zero-order valence-electron chi connectivity index (χ0n) is 21.6. The summed E-state index contributed by atoms with van der Waals surface area (Å²) >= 11 is 0. The van der Waals surface area contributed by atoms with Gasteiger partial charge in [-0.25, -0.2) is 8.78 Å². The molecule has 0 bridgehead atoms. The molecule has 0 aliphatic rings. The van der Waals surface area contributed by atoms with Crippen LogP contribution < -0.4 is 10.1 Å². The van der Waals surface area contributed by atoms with Gasteiger partial charge >= 0.3 is 0 Å². The second kappa shape index (κ2) is 11.2. The van der Waals surface area contributed by atoms with Crippen LogP contribution in [0.1, 0.15) is 28.4 Å². The molecule has 200 valence electrons. The zero-order chi connectivity index (χ0) is 27.5. The molecular formula is C31H29F2N3O3. The number of H-pyrrole nitrogens is 1. The van der Waals surface area contributed by atoms with Crippen molar-refractivity contribution in [3.8, 4) is 22.6 Å². The Labute approximate surface area is 224 Å². The van der Waals surface area contributed by atoms with Gasteiger partial charge in [0.15, 0.2) is 0 Å². The van der Waals surface area contributed by atoms with Crippen molar-refractivity contribution in [3.63, 3.8) is 0 Å². The van der Waals surface area contributed by atoms with Crippen LogP contribution in [-0.2, 0) is 12.8 Å². The van der Waals surface area contributed by atoms with E-state index in [1.54, 1.807) is 37.7 Å². The second-order valence-corrected chi connectivity index (χ2v) is 9.58. The predicted molar refractivity (Wildman–Crippen MR) is 147 cm³/mol. The van der Waals surface area contributed by atoms with Crippen LogP contribution in [0.3, 0.4) is 0 Å². The summed E-state index contributed by atoms with van der Waals surface area (Å²) in [6.07, 6.45) is 2.83. The van der Waals surface area contributed by atoms with Crippen LogP contribution in [0.4, 0.5) is 8.78 Å². The quantitative estimate of drug-likeness (QED) is 0.177. The van der Waals surface area contributed by atoms with Gasteiger partial charge < -0.3 is 19.9 Å². The van der Waals surface area contributed by atoms with Crippen LogP contribution in [0.2, 0.25) is 0 Å². The summed E-state index contributed by atoms with van der Waals surface area (Å²) in [6.45, 7) is 1.97. The van der Waals surface area contributed by atoms with Crippen molar-refractivity contribution in [2.45, 2.75) is 32.0 Å². The lowest BCUT2D eigenvalue weighted by Crippen LogP contribution is -2.36. The number of nitrogens with zero attached hydrogens (tertiary/aromatic N) is 1. The molecule has 0 radical (unpaired) electrons. The summed E-state index contributed by atoms with van der Waals surface area (Å²) in [5.41, 5.74) is 5.43. The minimum absolute atomic E-state index is 0.129. The zero-order valence-corrected chi connectivity index (χ0v) is 21.6. The lowest BCUT2D eigenvalue weighted by atomic mass is 9.93. The highest BCUT2D eigenvalue weighted by Gasteiger charge is 2.23. The smallest absolute Gasteiger partial charge is 0.126 e. The van der Waals surface area contributed by atoms with E-state index in [1.165, 1.54) is 12.1 Å². The number of halogens is 2. The Morgan fingerprint density at radius 2 is 1.77 bits per heavy atom. The molecule has 0 spiro atoms. The number of methoxy groups -OCH3 is 1. The number of aliphatic hydroxyl groups is 1. The van der Waals surface area contributed by atoms with Gasteiger partial charge in [-0.1, -0.05) is 12.1 Å². The van der Waals surface area contributed by atoms with E-state index in [-0.39, 0.29) is 18.6 Å². The number of aliphatic hydroxyl groups excluding tert-OH is 1. The fraction of sp³-hybridized carbons (Fsp3) is 0.194. The van der Waals surface area contributed by atoms with Crippen molar-refractivity contribution >= 4 is 10.9 Å². The van der Waals surface area contributed by atoms with Crippen molar-refractivity contribution in [2.75, 3.05) is 7.11 Å². The standard InChI is InChI=1S/C31H29F2N3O3/c1-18-10-24(39-2)6-7-25(18)26-4-3-9-34-31(26)29(13-19-11-21(32)15-22(33)12-19)36-30(38)14-20-17-35-28-8-5-23(37)16-27(20)28/h3-12,15-17,29-30,35-38H,13-14H2,1-2H3. The van der Waals surface area contributed by atoms with Gasteiger partial charge in [-0.05, 0) is 84.1 Å². The predicted octanol–water partition coefficient (Wildman–Crippen LogP) is 5.97. The molecule has 2 unspecified atom stereocenters. The summed E-state index contributed by atoms with van der Waals surface area (Å²) in [5.74, 6) is -0.484. The average molecular weight is 530 g/mol. The van der Waals surface area contributed by atoms with Crippen LogP contribution in [0, 0.1) is 18.6 Å². The molecule has 5 rings (SSSR count). The molecular weight excluding hydrogens is 500 g/mol. The fourth-order valence-electron chi connectivity index (χ4n) is 5.02. The van der Waals surface area contributed by atoms with Crippen molar-refractivity contribution in [2.24, 2.45) is 0 Å². The maximum atomic E-state index is 14.1. The normalized spacial score (nSPS) is 12.9. The van der Waals surface area contributed by atoms with Gasteiger partial charge in [0.25, 0.3) is 0 Å². The van der Waals surface area contributed by atoms with Crippen LogP contribution in [0.15, 0.2) is 79.1 Å². The number of pyridine rings is 1. The Morgan fingerprint density at radius 3 is 2.51 bits per heavy atom. The Morgan fingerprint density at radius 1 is 0.974 bits per heavy atom. The lowest BCUT2D eigenvalue weighted by molar-refractivity contribution is 0.121. The van der Waals surface area contributed by atoms with E-state index in [0.29, 0.717) is 11.3 Å². The van der Waals surface area contributed by atoms with E-state index >= 15 is 0 Å². The molecule has 0 amide bonds. The van der Waals surface area contributed by atoms with E-state index in [2.05, 4.69) is 15.3 Å². The number of hydrogen-bond donors (Lipinski definition) is 4. The minimum atomic E-state index is -1.03. The molecule has 4 N–H and O–H groups in total. The van der Waals surface area contributed by atoms with Gasteiger partial charge in [-0.3, -0.25) is 10.3 Å². The number of benzene rings is 3. The summed E-state index contributed by atoms with van der Waals surface area (Å²) in [7, 11) is 1.61. The highest BCUT2D eigenvalue weighted by atomic mass is 19.1. The molecule has 6 nitrogen and oxygen atoms in total. The van der Waals surface area contributed by atoms with Gasteiger partial charge in [-0.2, -0.15) is 0 Å². The second-order valence-electron chi connectivity index (χ2n) is 9.58. The molecule has 5 aromatic rings. The number of phenolic OH excluding ortho intramolecular Hbond substituents is 1. The van der Waals surface area contributed by atoms with E-state index in [4.69, 9.17) is 4.74 Å². The molecule has 2 heterocycles. The van der Waals surface area contributed by atoms with Gasteiger partial charge in [-0.15, -0.1) is 0 Å². The van der Waals surface area contributed by atoms with Gasteiger partial charge in [0, 0.05) is 41.3 Å². The summed E-state index contributed by atoms with van der Waals surface area (Å²) < 4.78 is 33.5. The molecule has 0 fully saturated rings. The van der Waals surface area contributed by atoms with Crippen LogP contribution in [-0.4, -0.2) is 33.5 Å². The number of fused-ring (bicyclic) bond motifs is 1. The molecule has 0 saturated carbocycles. The molecule has 8 heteroatoms. The molecule has 0 aliphatic heterocycles. The summed E-state index contributed by atoms with van der Waals surface area (Å²) in [6, 6.07) is 17.3. The lowest BCUT2D eigenvalue weighted by Gasteiger charge is -2.25. The molecule has 3 aromatic carbocycles. The largest absolute Gasteiger partial charge is 0.508 e. The fourth-order valence-corrected chi connectivity index (χ4v) is 5.02. The first-order chi connectivity index (χ1) is 18.8. The van der Waals surface area contributed by atoms with E-state index < -0.39 is 23.9 Å². The maximum absolute atomic E-state index is 14.1. The van der Waals surface area contributed by atoms with E-state index in [9.17, 15) is 19.0 Å². The van der Waals surface area contributed by atoms with Crippen molar-refractivity contribution in [3.05, 3.63) is 113 Å². The van der Waals surface area contributed by atoms with Crippen molar-refractivity contribution in [1.82, 2.24) is 15.3 Å². The number of hydrogen-bond acceptors (Lipinski definition) is 5. The highest BCUT2D eigenvalue weighted by molar-refractivity contribution is 5.84. The molecule has 0 saturated heterocycles. The number of ether oxygens (including phenoxy) is 1. The number of aromatic hydroxyl groups is 1.